The van der Waals surface area contributed by atoms with Crippen LogP contribution in [0.5, 0.6) is 6.08 Å². The molecule has 1 saturated heterocycles. The molecule has 4 heteroatoms. The molecule has 0 radical (unpaired) electrons. The SMILES string of the molecule is [2H]c1nc(OC2CCCN(CC)C2)oc1[2H]. The van der Waals surface area contributed by atoms with Crippen molar-refractivity contribution in [2.75, 3.05) is 19.6 Å². The van der Waals surface area contributed by atoms with Gasteiger partial charge in [0.1, 0.15) is 13.7 Å². The lowest BCUT2D eigenvalue weighted by molar-refractivity contribution is 0.0672. The van der Waals surface area contributed by atoms with E-state index in [1.165, 1.54) is 0 Å². The quantitative estimate of drug-likeness (QED) is 0.738. The van der Waals surface area contributed by atoms with E-state index in [0.717, 1.165) is 32.5 Å². The molecule has 1 atom stereocenters. The highest BCUT2D eigenvalue weighted by molar-refractivity contribution is 4.87. The number of hydrogen-bond acceptors (Lipinski definition) is 4. The van der Waals surface area contributed by atoms with Gasteiger partial charge in [-0.25, -0.2) is 0 Å². The molecule has 0 aliphatic carbocycles. The minimum absolute atomic E-state index is 0.0537. The van der Waals surface area contributed by atoms with Crippen LogP contribution in [0.1, 0.15) is 22.5 Å². The molecule has 0 saturated carbocycles. The number of ether oxygens (including phenoxy) is 1. The molecule has 1 unspecified atom stereocenters. The first kappa shape index (κ1) is 7.29. The lowest BCUT2D eigenvalue weighted by Crippen LogP contribution is -2.40. The van der Waals surface area contributed by atoms with Crippen LogP contribution in [0.4, 0.5) is 0 Å². The van der Waals surface area contributed by atoms with Gasteiger partial charge in [0.05, 0.1) is 7.54 Å². The summed E-state index contributed by atoms with van der Waals surface area (Å²) >= 11 is 0. The Hall–Kier alpha value is -1.03. The Balaban J connectivity index is 1.93. The number of aromatic nitrogens is 1. The summed E-state index contributed by atoms with van der Waals surface area (Å²) in [6.07, 6.45) is 1.78. The zero-order valence-corrected chi connectivity index (χ0v) is 8.32. The lowest BCUT2D eigenvalue weighted by Gasteiger charge is -2.30. The Morgan fingerprint density at radius 3 is 3.50 bits per heavy atom. The molecule has 0 aromatic carbocycles. The molecule has 2 rings (SSSR count). The highest BCUT2D eigenvalue weighted by atomic mass is 16.6. The molecule has 0 amide bonds. The molecule has 0 bridgehead atoms. The van der Waals surface area contributed by atoms with Crippen LogP contribution < -0.4 is 4.74 Å². The molecule has 0 spiro atoms. The molecular formula is C10H16N2O2. The molecule has 1 aromatic heterocycles. The van der Waals surface area contributed by atoms with Crippen molar-refractivity contribution in [3.63, 3.8) is 0 Å². The van der Waals surface area contributed by atoms with Crippen molar-refractivity contribution in [1.29, 1.82) is 0 Å². The molecule has 1 fully saturated rings. The summed E-state index contributed by atoms with van der Waals surface area (Å²) in [7, 11) is 0. The fraction of sp³-hybridized carbons (Fsp3) is 0.700. The largest absolute Gasteiger partial charge is 0.446 e. The van der Waals surface area contributed by atoms with Crippen molar-refractivity contribution >= 4 is 0 Å². The lowest BCUT2D eigenvalue weighted by atomic mass is 10.1. The fourth-order valence-corrected chi connectivity index (χ4v) is 1.75. The van der Waals surface area contributed by atoms with Crippen LogP contribution >= 0.6 is 0 Å². The van der Waals surface area contributed by atoms with Gasteiger partial charge in [-0.2, -0.15) is 4.98 Å². The number of nitrogens with zero attached hydrogens (tertiary/aromatic N) is 2. The second kappa shape index (κ2) is 4.46. The normalized spacial score (nSPS) is 25.6. The van der Waals surface area contributed by atoms with Crippen LogP contribution in [-0.2, 0) is 0 Å². The minimum atomic E-state index is -0.238. The first-order valence-corrected chi connectivity index (χ1v) is 5.02. The third-order valence-electron chi connectivity index (χ3n) is 2.51. The van der Waals surface area contributed by atoms with E-state index in [-0.39, 0.29) is 24.6 Å². The summed E-state index contributed by atoms with van der Waals surface area (Å²) in [5.41, 5.74) is 0. The Morgan fingerprint density at radius 1 is 1.86 bits per heavy atom. The van der Waals surface area contributed by atoms with E-state index in [4.69, 9.17) is 11.9 Å². The van der Waals surface area contributed by atoms with Crippen molar-refractivity contribution in [1.82, 2.24) is 9.88 Å². The standard InChI is InChI=1S/C10H16N2O2/c1-2-12-6-3-4-9(8-12)14-10-11-5-7-13-10/h5,7,9H,2-4,6,8H2,1H3/i5D,7D. The Bertz CT molecular complexity index is 337. The molecule has 1 aliphatic rings. The van der Waals surface area contributed by atoms with Crippen molar-refractivity contribution in [2.24, 2.45) is 0 Å². The minimum Gasteiger partial charge on any atom is -0.446 e. The third kappa shape index (κ3) is 2.26. The zero-order valence-electron chi connectivity index (χ0n) is 10.3. The van der Waals surface area contributed by atoms with Gasteiger partial charge in [0.15, 0.2) is 0 Å². The second-order valence-corrected chi connectivity index (χ2v) is 3.47. The number of likely N-dealkylation sites (tertiary alicyclic amines) is 1. The van der Waals surface area contributed by atoms with E-state index < -0.39 is 0 Å². The predicted molar refractivity (Wildman–Crippen MR) is 52.3 cm³/mol. The van der Waals surface area contributed by atoms with E-state index in [0.29, 0.717) is 0 Å². The van der Waals surface area contributed by atoms with Gasteiger partial charge in [0.25, 0.3) is 0 Å². The zero-order chi connectivity index (χ0) is 11.5. The first-order valence-electron chi connectivity index (χ1n) is 6.02. The van der Waals surface area contributed by atoms with Crippen molar-refractivity contribution in [2.45, 2.75) is 25.9 Å². The van der Waals surface area contributed by atoms with E-state index in [1.54, 1.807) is 0 Å². The maximum Gasteiger partial charge on any atom is 0.393 e. The van der Waals surface area contributed by atoms with Gasteiger partial charge in [-0.05, 0) is 25.9 Å². The van der Waals surface area contributed by atoms with E-state index in [2.05, 4.69) is 16.8 Å². The van der Waals surface area contributed by atoms with Gasteiger partial charge in [-0.1, -0.05) is 6.92 Å². The smallest absolute Gasteiger partial charge is 0.393 e. The van der Waals surface area contributed by atoms with Crippen LogP contribution in [0.25, 0.3) is 0 Å². The van der Waals surface area contributed by atoms with Crippen LogP contribution in [0, 0.1) is 0 Å². The number of rotatable bonds is 3. The average Bonchev–Trinajstić information content (AvgIpc) is 2.58. The molecule has 14 heavy (non-hydrogen) atoms. The summed E-state index contributed by atoms with van der Waals surface area (Å²) in [4.78, 5) is 6.03. The fourth-order valence-electron chi connectivity index (χ4n) is 1.75. The Kier molecular flexibility index (Phi) is 2.32. The van der Waals surface area contributed by atoms with Crippen molar-refractivity contribution in [3.05, 3.63) is 12.4 Å². The average molecular weight is 198 g/mol. The number of hydrogen-bond donors (Lipinski definition) is 0. The summed E-state index contributed by atoms with van der Waals surface area (Å²) in [6, 6.07) is 0. The molecule has 4 nitrogen and oxygen atoms in total. The number of piperidine rings is 1. The highest BCUT2D eigenvalue weighted by Gasteiger charge is 2.21. The van der Waals surface area contributed by atoms with Crippen LogP contribution in [0.2, 0.25) is 0 Å². The summed E-state index contributed by atoms with van der Waals surface area (Å²) in [5.74, 6) is 0. The van der Waals surface area contributed by atoms with Gasteiger partial charge in [0, 0.05) is 6.54 Å². The molecule has 78 valence electrons. The molecular weight excluding hydrogens is 180 g/mol. The van der Waals surface area contributed by atoms with E-state index in [9.17, 15) is 0 Å². The Labute approximate surface area is 86.7 Å². The maximum absolute atomic E-state index is 7.25. The van der Waals surface area contributed by atoms with Gasteiger partial charge in [0.2, 0.25) is 0 Å². The first-order chi connectivity index (χ1) is 7.69. The van der Waals surface area contributed by atoms with Gasteiger partial charge in [-0.15, -0.1) is 0 Å². The van der Waals surface area contributed by atoms with Crippen molar-refractivity contribution in [3.8, 4) is 6.08 Å². The van der Waals surface area contributed by atoms with Crippen LogP contribution in [0.3, 0.4) is 0 Å². The summed E-state index contributed by atoms with van der Waals surface area (Å²) in [6.45, 7) is 5.10. The highest BCUT2D eigenvalue weighted by Crippen LogP contribution is 2.16. The molecule has 1 aliphatic heterocycles. The number of oxazole rings is 1. The second-order valence-electron chi connectivity index (χ2n) is 3.47. The summed E-state index contributed by atoms with van der Waals surface area (Å²) in [5, 5.41) is 0. The topological polar surface area (TPSA) is 38.5 Å². The maximum atomic E-state index is 7.25. The van der Waals surface area contributed by atoms with E-state index >= 15 is 0 Å². The van der Waals surface area contributed by atoms with E-state index in [1.807, 2.05) is 0 Å². The van der Waals surface area contributed by atoms with Crippen molar-refractivity contribution < 1.29 is 11.9 Å². The Morgan fingerprint density at radius 2 is 2.79 bits per heavy atom. The summed E-state index contributed by atoms with van der Waals surface area (Å²) < 4.78 is 24.9. The van der Waals surface area contributed by atoms with Gasteiger partial charge in [-0.3, -0.25) is 4.90 Å². The monoisotopic (exact) mass is 198 g/mol. The van der Waals surface area contributed by atoms with Crippen LogP contribution in [0.15, 0.2) is 16.8 Å². The van der Waals surface area contributed by atoms with Crippen LogP contribution in [-0.4, -0.2) is 35.6 Å². The number of likely N-dealkylation sites (N-methyl/N-ethyl adjacent to an activating group) is 1. The molecule has 2 heterocycles. The third-order valence-corrected chi connectivity index (χ3v) is 2.51. The molecule has 0 N–H and O–H groups in total. The predicted octanol–water partition coefficient (Wildman–Crippen LogP) is 1.54. The van der Waals surface area contributed by atoms with Gasteiger partial charge < -0.3 is 9.15 Å². The van der Waals surface area contributed by atoms with Gasteiger partial charge >= 0.3 is 6.08 Å². The molecule has 1 aromatic rings.